The maximum absolute atomic E-state index is 10.8. The molecule has 0 saturated heterocycles. The molecule has 2 nitrogen and oxygen atoms in total. The lowest BCUT2D eigenvalue weighted by Crippen LogP contribution is -2.02. The van der Waals surface area contributed by atoms with Crippen molar-refractivity contribution in [1.82, 2.24) is 0 Å². The molecule has 1 rings (SSSR count). The summed E-state index contributed by atoms with van der Waals surface area (Å²) in [5, 5.41) is 8.91. The zero-order valence-electron chi connectivity index (χ0n) is 7.90. The molecule has 4 heteroatoms. The van der Waals surface area contributed by atoms with Gasteiger partial charge in [-0.1, -0.05) is 39.8 Å². The minimum absolute atomic E-state index is 0.425. The molecular formula is C10H12O2S2. The molecule has 0 unspecified atom stereocenters. The first-order chi connectivity index (χ1) is 6.75. The zero-order valence-corrected chi connectivity index (χ0v) is 9.53. The zero-order chi connectivity index (χ0) is 10.4. The number of aryl methyl sites for hydroxylation is 1. The van der Waals surface area contributed by atoms with Crippen molar-refractivity contribution >= 4 is 27.6 Å². The Balaban J connectivity index is 2.69. The van der Waals surface area contributed by atoms with Crippen molar-refractivity contribution in [3.8, 4) is 0 Å². The van der Waals surface area contributed by atoms with Gasteiger partial charge in [0, 0.05) is 5.75 Å². The van der Waals surface area contributed by atoms with Gasteiger partial charge in [0.25, 0.3) is 0 Å². The predicted octanol–water partition coefficient (Wildman–Crippen LogP) is 2.94. The minimum atomic E-state index is -0.838. The van der Waals surface area contributed by atoms with Crippen LogP contribution in [0, 0.1) is 0 Å². The van der Waals surface area contributed by atoms with E-state index >= 15 is 0 Å². The Morgan fingerprint density at radius 2 is 2.14 bits per heavy atom. The second-order valence-electron chi connectivity index (χ2n) is 2.70. The van der Waals surface area contributed by atoms with Gasteiger partial charge >= 0.3 is 5.97 Å². The van der Waals surface area contributed by atoms with Gasteiger partial charge in [0.1, 0.15) is 0 Å². The van der Waals surface area contributed by atoms with Crippen LogP contribution in [0.5, 0.6) is 0 Å². The molecular weight excluding hydrogens is 216 g/mol. The maximum Gasteiger partial charge on any atom is 0.335 e. The van der Waals surface area contributed by atoms with E-state index in [0.717, 1.165) is 17.7 Å². The summed E-state index contributed by atoms with van der Waals surface area (Å²) in [5.74, 6) is 0.112. The highest BCUT2D eigenvalue weighted by Crippen LogP contribution is 2.19. The van der Waals surface area contributed by atoms with E-state index in [1.165, 1.54) is 0 Å². The van der Waals surface area contributed by atoms with Crippen molar-refractivity contribution in [3.63, 3.8) is 0 Å². The molecule has 0 fully saturated rings. The Kier molecular flexibility index (Phi) is 4.90. The van der Waals surface area contributed by atoms with Crippen LogP contribution in [0.3, 0.4) is 0 Å². The molecule has 0 saturated carbocycles. The first kappa shape index (κ1) is 11.5. The number of benzene rings is 1. The van der Waals surface area contributed by atoms with Crippen LogP contribution < -0.4 is 0 Å². The van der Waals surface area contributed by atoms with Crippen LogP contribution in [0.1, 0.15) is 15.9 Å². The number of carbonyl (C=O) groups is 1. The third-order valence-corrected chi connectivity index (χ3v) is 3.63. The number of aromatic carboxylic acids is 1. The fraction of sp³-hybridized carbons (Fsp3) is 0.300. The monoisotopic (exact) mass is 228 g/mol. The van der Waals surface area contributed by atoms with Crippen LogP contribution in [-0.2, 0) is 6.42 Å². The minimum Gasteiger partial charge on any atom is -0.478 e. The average Bonchev–Trinajstić information content (AvgIpc) is 2.19. The van der Waals surface area contributed by atoms with Gasteiger partial charge in [0.2, 0.25) is 0 Å². The Hall–Kier alpha value is -0.610. The fourth-order valence-corrected chi connectivity index (χ4v) is 2.40. The molecule has 0 aliphatic heterocycles. The van der Waals surface area contributed by atoms with E-state index in [1.807, 2.05) is 18.4 Å². The SMILES string of the molecule is CSSCCc1ccccc1C(=O)O. The Morgan fingerprint density at radius 1 is 1.43 bits per heavy atom. The molecule has 0 heterocycles. The van der Waals surface area contributed by atoms with Gasteiger partial charge in [-0.25, -0.2) is 4.79 Å². The third-order valence-electron chi connectivity index (χ3n) is 1.82. The Morgan fingerprint density at radius 3 is 2.79 bits per heavy atom. The van der Waals surface area contributed by atoms with E-state index in [-0.39, 0.29) is 0 Å². The summed E-state index contributed by atoms with van der Waals surface area (Å²) < 4.78 is 0. The summed E-state index contributed by atoms with van der Waals surface area (Å²) in [6.07, 6.45) is 2.84. The molecule has 14 heavy (non-hydrogen) atoms. The van der Waals surface area contributed by atoms with Crippen LogP contribution >= 0.6 is 21.6 Å². The van der Waals surface area contributed by atoms with E-state index in [9.17, 15) is 4.79 Å². The van der Waals surface area contributed by atoms with Gasteiger partial charge in [-0.05, 0) is 24.3 Å². The van der Waals surface area contributed by atoms with Gasteiger partial charge < -0.3 is 5.11 Å². The van der Waals surface area contributed by atoms with Crippen molar-refractivity contribution in [3.05, 3.63) is 35.4 Å². The number of carboxylic acids is 1. The summed E-state index contributed by atoms with van der Waals surface area (Å²) in [4.78, 5) is 10.8. The Labute approximate surface area is 91.5 Å². The first-order valence-electron chi connectivity index (χ1n) is 4.22. The highest BCUT2D eigenvalue weighted by atomic mass is 33.1. The normalized spacial score (nSPS) is 10.1. The average molecular weight is 228 g/mol. The van der Waals surface area contributed by atoms with E-state index < -0.39 is 5.97 Å². The highest BCUT2D eigenvalue weighted by Gasteiger charge is 2.07. The smallest absolute Gasteiger partial charge is 0.335 e. The molecule has 1 aromatic carbocycles. The molecule has 0 aliphatic carbocycles. The van der Waals surface area contributed by atoms with Gasteiger partial charge in [-0.15, -0.1) is 0 Å². The van der Waals surface area contributed by atoms with E-state index in [2.05, 4.69) is 0 Å². The number of hydrogen-bond acceptors (Lipinski definition) is 3. The second-order valence-corrected chi connectivity index (χ2v) is 5.39. The largest absolute Gasteiger partial charge is 0.478 e. The molecule has 0 spiro atoms. The molecule has 76 valence electrons. The Bertz CT molecular complexity index is 313. The lowest BCUT2D eigenvalue weighted by molar-refractivity contribution is 0.0696. The second kappa shape index (κ2) is 5.98. The molecule has 0 atom stereocenters. The van der Waals surface area contributed by atoms with Crippen LogP contribution in [0.15, 0.2) is 24.3 Å². The predicted molar refractivity (Wildman–Crippen MR) is 63.1 cm³/mol. The van der Waals surface area contributed by atoms with Crippen molar-refractivity contribution in [1.29, 1.82) is 0 Å². The fourth-order valence-electron chi connectivity index (χ4n) is 1.18. The highest BCUT2D eigenvalue weighted by molar-refractivity contribution is 8.76. The van der Waals surface area contributed by atoms with Crippen molar-refractivity contribution in [2.45, 2.75) is 6.42 Å². The van der Waals surface area contributed by atoms with Gasteiger partial charge in [0.15, 0.2) is 0 Å². The van der Waals surface area contributed by atoms with Gasteiger partial charge in [-0.3, -0.25) is 0 Å². The van der Waals surface area contributed by atoms with E-state index in [1.54, 1.807) is 33.7 Å². The van der Waals surface area contributed by atoms with Gasteiger partial charge in [0.05, 0.1) is 5.56 Å². The lowest BCUT2D eigenvalue weighted by atomic mass is 10.1. The molecule has 0 amide bonds. The van der Waals surface area contributed by atoms with Crippen molar-refractivity contribution < 1.29 is 9.90 Å². The number of rotatable bonds is 5. The number of carboxylic acid groups (broad SMARTS) is 1. The lowest BCUT2D eigenvalue weighted by Gasteiger charge is -2.04. The molecule has 0 radical (unpaired) electrons. The number of hydrogen-bond donors (Lipinski definition) is 1. The summed E-state index contributed by atoms with van der Waals surface area (Å²) >= 11 is 0. The van der Waals surface area contributed by atoms with Crippen LogP contribution in [0.4, 0.5) is 0 Å². The van der Waals surface area contributed by atoms with Crippen LogP contribution in [-0.4, -0.2) is 23.1 Å². The maximum atomic E-state index is 10.8. The summed E-state index contributed by atoms with van der Waals surface area (Å²) in [5.41, 5.74) is 1.34. The van der Waals surface area contributed by atoms with E-state index in [4.69, 9.17) is 5.11 Å². The summed E-state index contributed by atoms with van der Waals surface area (Å²) in [6, 6.07) is 7.17. The van der Waals surface area contributed by atoms with Crippen LogP contribution in [0.25, 0.3) is 0 Å². The molecule has 1 N–H and O–H groups in total. The summed E-state index contributed by atoms with van der Waals surface area (Å²) in [7, 11) is 3.45. The topological polar surface area (TPSA) is 37.3 Å². The molecule has 0 aliphatic rings. The first-order valence-corrected chi connectivity index (χ1v) is 6.95. The third kappa shape index (κ3) is 3.27. The van der Waals surface area contributed by atoms with E-state index in [0.29, 0.717) is 5.56 Å². The quantitative estimate of drug-likeness (QED) is 0.621. The molecule has 0 aromatic heterocycles. The van der Waals surface area contributed by atoms with Crippen LogP contribution in [0.2, 0.25) is 0 Å². The summed E-state index contributed by atoms with van der Waals surface area (Å²) in [6.45, 7) is 0. The molecule has 1 aromatic rings. The van der Waals surface area contributed by atoms with Gasteiger partial charge in [-0.2, -0.15) is 0 Å². The van der Waals surface area contributed by atoms with Crippen molar-refractivity contribution in [2.75, 3.05) is 12.0 Å². The standard InChI is InChI=1S/C10H12O2S2/c1-13-14-7-6-8-4-2-3-5-9(8)10(11)12/h2-5H,6-7H2,1H3,(H,11,12). The van der Waals surface area contributed by atoms with Crippen molar-refractivity contribution in [2.24, 2.45) is 0 Å². The molecule has 0 bridgehead atoms.